The molecular weight excluding hydrogens is 514 g/mol. The van der Waals surface area contributed by atoms with Crippen LogP contribution in [-0.2, 0) is 14.2 Å². The van der Waals surface area contributed by atoms with Crippen molar-refractivity contribution in [3.63, 3.8) is 0 Å². The molecule has 1 fully saturated rings. The Morgan fingerprint density at radius 2 is 1.70 bits per heavy atom. The van der Waals surface area contributed by atoms with E-state index in [0.717, 1.165) is 11.1 Å². The number of carbonyl (C=O) groups excluding carboxylic acids is 2. The van der Waals surface area contributed by atoms with Gasteiger partial charge in [0.05, 0.1) is 24.6 Å². The van der Waals surface area contributed by atoms with E-state index in [1.807, 2.05) is 13.8 Å². The summed E-state index contributed by atoms with van der Waals surface area (Å²) in [5.74, 6) is 1.57. The van der Waals surface area contributed by atoms with E-state index in [2.05, 4.69) is 20.9 Å². The van der Waals surface area contributed by atoms with Crippen LogP contribution in [0.2, 0.25) is 0 Å². The highest BCUT2D eigenvalue weighted by atomic mass is 16.6. The number of hydrogen-bond donors (Lipinski definition) is 1. The highest BCUT2D eigenvalue weighted by Crippen LogP contribution is 2.41. The number of aryl methyl sites for hydroxylation is 2. The van der Waals surface area contributed by atoms with Crippen LogP contribution in [-0.4, -0.2) is 56.9 Å². The maximum atomic E-state index is 13.1. The van der Waals surface area contributed by atoms with Crippen molar-refractivity contribution >= 4 is 29.1 Å². The fraction of sp³-hybridized carbons (Fsp3) is 0.276. The van der Waals surface area contributed by atoms with E-state index in [0.29, 0.717) is 22.3 Å². The number of carbonyl (C=O) groups is 2. The quantitative estimate of drug-likeness (QED) is 0.273. The molecule has 5 rings (SSSR count). The lowest BCUT2D eigenvalue weighted by atomic mass is 9.98. The molecule has 204 valence electrons. The lowest BCUT2D eigenvalue weighted by Gasteiger charge is -2.28. The zero-order valence-electron chi connectivity index (χ0n) is 22.2. The Labute approximate surface area is 230 Å². The zero-order valence-corrected chi connectivity index (χ0v) is 22.2. The van der Waals surface area contributed by atoms with E-state index in [1.54, 1.807) is 53.1 Å². The molecule has 0 amide bonds. The van der Waals surface area contributed by atoms with Gasteiger partial charge in [0.1, 0.15) is 12.8 Å². The summed E-state index contributed by atoms with van der Waals surface area (Å²) >= 11 is 0. The van der Waals surface area contributed by atoms with Crippen molar-refractivity contribution in [2.75, 3.05) is 19.5 Å². The molecule has 0 saturated carbocycles. The van der Waals surface area contributed by atoms with Gasteiger partial charge in [-0.2, -0.15) is 9.97 Å². The van der Waals surface area contributed by atoms with Crippen molar-refractivity contribution < 1.29 is 28.5 Å². The average molecular weight is 542 g/mol. The minimum atomic E-state index is -1.61. The summed E-state index contributed by atoms with van der Waals surface area (Å²) in [7, 11) is 1.44. The highest BCUT2D eigenvalue weighted by molar-refractivity contribution is 5.90. The molecule has 2 N–H and O–H groups in total. The van der Waals surface area contributed by atoms with E-state index in [-0.39, 0.29) is 24.9 Å². The fourth-order valence-electron chi connectivity index (χ4n) is 4.44. The number of fused-ring (bicyclic) bond motifs is 1. The Kier molecular flexibility index (Phi) is 7.11. The average Bonchev–Trinajstić information content (AvgIpc) is 3.53. The van der Waals surface area contributed by atoms with Gasteiger partial charge < -0.3 is 24.7 Å². The Balaban J connectivity index is 1.47. The standard InChI is InChI=1S/C29H27N5O6/c1-5-29(15-38-26(35)19-10-6-17(2)7-11-19)21(39-27(36)20-12-8-18(3)9-13-20)14-22(40-29)34-16-31-23-24(34)32-28(30)33-25(23)37-4/h1,6-13,16,21-22H,14-15H2,2-4H3,(H2,30,32,33)/t21-,22+,29+/m0/s1. The minimum Gasteiger partial charge on any atom is -0.479 e. The second-order valence-corrected chi connectivity index (χ2v) is 9.46. The van der Waals surface area contributed by atoms with Crippen LogP contribution in [0.1, 0.15) is 44.5 Å². The van der Waals surface area contributed by atoms with Crippen LogP contribution < -0.4 is 10.5 Å². The van der Waals surface area contributed by atoms with Gasteiger partial charge in [-0.3, -0.25) is 4.57 Å². The summed E-state index contributed by atoms with van der Waals surface area (Å²) < 4.78 is 24.7. The molecule has 11 nitrogen and oxygen atoms in total. The number of rotatable bonds is 7. The van der Waals surface area contributed by atoms with Gasteiger partial charge in [-0.1, -0.05) is 41.3 Å². The number of imidazole rings is 1. The number of nitrogens with two attached hydrogens (primary N) is 1. The summed E-state index contributed by atoms with van der Waals surface area (Å²) in [4.78, 5) is 38.6. The normalized spacial score (nSPS) is 20.1. The molecule has 2 aromatic carbocycles. The number of anilines is 1. The summed E-state index contributed by atoms with van der Waals surface area (Å²) in [5.41, 5.74) is 7.64. The topological polar surface area (TPSA) is 141 Å². The SMILES string of the molecule is C#C[C@]1(COC(=O)c2ccc(C)cc2)O[C@@H](n2cnc3c(OC)nc(N)nc32)C[C@@H]1OC(=O)c1ccc(C)cc1. The van der Waals surface area contributed by atoms with Crippen molar-refractivity contribution in [3.8, 4) is 18.2 Å². The molecule has 0 spiro atoms. The van der Waals surface area contributed by atoms with Gasteiger partial charge in [0.2, 0.25) is 17.4 Å². The number of methoxy groups -OCH3 is 1. The van der Waals surface area contributed by atoms with E-state index in [1.165, 1.54) is 13.4 Å². The third kappa shape index (κ3) is 5.04. The lowest BCUT2D eigenvalue weighted by Crippen LogP contribution is -2.45. The molecule has 0 radical (unpaired) electrons. The van der Waals surface area contributed by atoms with Crippen molar-refractivity contribution in [3.05, 3.63) is 77.1 Å². The van der Waals surface area contributed by atoms with Crippen molar-refractivity contribution in [2.45, 2.75) is 38.2 Å². The van der Waals surface area contributed by atoms with Crippen LogP contribution in [0.15, 0.2) is 54.9 Å². The summed E-state index contributed by atoms with van der Waals surface area (Å²) in [6.07, 6.45) is 5.80. The number of nitrogens with zero attached hydrogens (tertiary/aromatic N) is 4. The van der Waals surface area contributed by atoms with Crippen molar-refractivity contribution in [1.29, 1.82) is 0 Å². The lowest BCUT2D eigenvalue weighted by molar-refractivity contribution is -0.0967. The molecule has 11 heteroatoms. The molecule has 3 heterocycles. The number of esters is 2. The second kappa shape index (κ2) is 10.7. The first-order valence-electron chi connectivity index (χ1n) is 12.4. The predicted molar refractivity (Wildman–Crippen MR) is 144 cm³/mol. The molecular formula is C29H27N5O6. The number of aromatic nitrogens is 4. The molecule has 4 aromatic rings. The summed E-state index contributed by atoms with van der Waals surface area (Å²) in [6, 6.07) is 13.8. The zero-order chi connectivity index (χ0) is 28.4. The minimum absolute atomic E-state index is 0.0262. The third-order valence-electron chi connectivity index (χ3n) is 6.68. The van der Waals surface area contributed by atoms with E-state index in [9.17, 15) is 9.59 Å². The second-order valence-electron chi connectivity index (χ2n) is 9.46. The maximum Gasteiger partial charge on any atom is 0.338 e. The van der Waals surface area contributed by atoms with E-state index < -0.39 is 29.9 Å². The summed E-state index contributed by atoms with van der Waals surface area (Å²) in [6.45, 7) is 3.46. The first-order chi connectivity index (χ1) is 19.2. The van der Waals surface area contributed by atoms with Gasteiger partial charge in [0.25, 0.3) is 0 Å². The fourth-order valence-corrected chi connectivity index (χ4v) is 4.44. The monoisotopic (exact) mass is 541 g/mol. The Morgan fingerprint density at radius 3 is 2.30 bits per heavy atom. The van der Waals surface area contributed by atoms with Crippen molar-refractivity contribution in [1.82, 2.24) is 19.5 Å². The van der Waals surface area contributed by atoms with Gasteiger partial charge in [-0.05, 0) is 38.1 Å². The van der Waals surface area contributed by atoms with Crippen LogP contribution in [0.25, 0.3) is 11.2 Å². The van der Waals surface area contributed by atoms with Gasteiger partial charge in [-0.15, -0.1) is 6.42 Å². The smallest absolute Gasteiger partial charge is 0.338 e. The first kappa shape index (κ1) is 26.6. The number of nitrogen functional groups attached to an aromatic ring is 1. The molecule has 3 atom stereocenters. The Morgan fingerprint density at radius 1 is 1.07 bits per heavy atom. The third-order valence-corrected chi connectivity index (χ3v) is 6.68. The van der Waals surface area contributed by atoms with Gasteiger partial charge in [-0.25, -0.2) is 14.6 Å². The first-order valence-corrected chi connectivity index (χ1v) is 12.4. The molecule has 0 aliphatic carbocycles. The number of benzene rings is 2. The number of ether oxygens (including phenoxy) is 4. The maximum absolute atomic E-state index is 13.1. The molecule has 1 saturated heterocycles. The largest absolute Gasteiger partial charge is 0.479 e. The highest BCUT2D eigenvalue weighted by Gasteiger charge is 2.52. The van der Waals surface area contributed by atoms with Crippen LogP contribution >= 0.6 is 0 Å². The van der Waals surface area contributed by atoms with Gasteiger partial charge in [0.15, 0.2) is 17.3 Å². The van der Waals surface area contributed by atoms with Gasteiger partial charge in [0, 0.05) is 6.42 Å². The van der Waals surface area contributed by atoms with E-state index >= 15 is 0 Å². The van der Waals surface area contributed by atoms with Crippen LogP contribution in [0, 0.1) is 26.2 Å². The molecule has 0 unspecified atom stereocenters. The molecule has 1 aliphatic rings. The molecule has 40 heavy (non-hydrogen) atoms. The van der Waals surface area contributed by atoms with Crippen LogP contribution in [0.5, 0.6) is 5.88 Å². The Hall–Kier alpha value is -4.95. The van der Waals surface area contributed by atoms with Crippen LogP contribution in [0.3, 0.4) is 0 Å². The molecule has 1 aliphatic heterocycles. The number of terminal acetylenes is 1. The van der Waals surface area contributed by atoms with Crippen molar-refractivity contribution in [2.24, 2.45) is 0 Å². The van der Waals surface area contributed by atoms with Gasteiger partial charge >= 0.3 is 11.9 Å². The van der Waals surface area contributed by atoms with Crippen LogP contribution in [0.4, 0.5) is 5.95 Å². The predicted octanol–water partition coefficient (Wildman–Crippen LogP) is 3.41. The summed E-state index contributed by atoms with van der Waals surface area (Å²) in [5, 5.41) is 0. The Bertz CT molecular complexity index is 1610. The van der Waals surface area contributed by atoms with E-state index in [4.69, 9.17) is 31.1 Å². The molecule has 0 bridgehead atoms. The molecule has 2 aromatic heterocycles. The number of hydrogen-bond acceptors (Lipinski definition) is 10.